The van der Waals surface area contributed by atoms with Crippen LogP contribution in [0.2, 0.25) is 0 Å². The molecule has 0 spiro atoms. The van der Waals surface area contributed by atoms with Crippen LogP contribution in [-0.4, -0.2) is 24.0 Å². The molecule has 18 heavy (non-hydrogen) atoms. The quantitative estimate of drug-likeness (QED) is 0.537. The zero-order chi connectivity index (χ0) is 14.2. The first-order valence-electron chi connectivity index (χ1n) is 7.30. The van der Waals surface area contributed by atoms with E-state index in [0.29, 0.717) is 5.54 Å². The molecule has 0 bridgehead atoms. The van der Waals surface area contributed by atoms with E-state index >= 15 is 0 Å². The number of nitrogens with zero attached hydrogens (tertiary/aromatic N) is 1. The minimum atomic E-state index is 0.311. The van der Waals surface area contributed by atoms with Crippen molar-refractivity contribution in [1.82, 2.24) is 4.90 Å². The molecule has 1 nitrogen and oxygen atoms in total. The van der Waals surface area contributed by atoms with E-state index < -0.39 is 0 Å². The van der Waals surface area contributed by atoms with Gasteiger partial charge in [0.2, 0.25) is 0 Å². The second-order valence-electron chi connectivity index (χ2n) is 6.31. The predicted molar refractivity (Wildman–Crippen MR) is 84.0 cm³/mol. The van der Waals surface area contributed by atoms with Gasteiger partial charge in [0.15, 0.2) is 0 Å². The summed E-state index contributed by atoms with van der Waals surface area (Å²) in [5, 5.41) is 0. The van der Waals surface area contributed by atoms with Gasteiger partial charge in [0, 0.05) is 12.1 Å². The van der Waals surface area contributed by atoms with Crippen molar-refractivity contribution in [2.75, 3.05) is 13.6 Å². The highest BCUT2D eigenvalue weighted by atomic mass is 15.2. The molecule has 0 aliphatic carbocycles. The lowest BCUT2D eigenvalue weighted by atomic mass is 9.97. The molecule has 0 aromatic rings. The van der Waals surface area contributed by atoms with Gasteiger partial charge in [-0.2, -0.15) is 0 Å². The summed E-state index contributed by atoms with van der Waals surface area (Å²) in [5.41, 5.74) is 3.24. The van der Waals surface area contributed by atoms with Crippen LogP contribution in [0.15, 0.2) is 23.3 Å². The van der Waals surface area contributed by atoms with Crippen molar-refractivity contribution < 1.29 is 0 Å². The molecule has 0 amide bonds. The summed E-state index contributed by atoms with van der Waals surface area (Å²) in [7, 11) is 2.23. The van der Waals surface area contributed by atoms with E-state index in [9.17, 15) is 0 Å². The lowest BCUT2D eigenvalue weighted by molar-refractivity contribution is 0.160. The molecule has 0 heterocycles. The van der Waals surface area contributed by atoms with Crippen molar-refractivity contribution in [3.8, 4) is 0 Å². The smallest absolute Gasteiger partial charge is 0.0167 e. The summed E-state index contributed by atoms with van der Waals surface area (Å²) in [4.78, 5) is 2.46. The summed E-state index contributed by atoms with van der Waals surface area (Å²) in [5.74, 6) is 0. The molecule has 0 aromatic heterocycles. The van der Waals surface area contributed by atoms with Gasteiger partial charge >= 0.3 is 0 Å². The van der Waals surface area contributed by atoms with Crippen LogP contribution in [0.5, 0.6) is 0 Å². The third kappa shape index (κ3) is 7.71. The largest absolute Gasteiger partial charge is 0.298 e. The fourth-order valence-corrected chi connectivity index (χ4v) is 2.03. The topological polar surface area (TPSA) is 3.24 Å². The molecule has 0 aliphatic heterocycles. The van der Waals surface area contributed by atoms with E-state index in [1.165, 1.54) is 36.8 Å². The van der Waals surface area contributed by atoms with E-state index in [2.05, 4.69) is 65.6 Å². The highest BCUT2D eigenvalue weighted by Crippen LogP contribution is 2.19. The lowest BCUT2D eigenvalue weighted by Gasteiger charge is -2.35. The Morgan fingerprint density at radius 3 is 2.22 bits per heavy atom. The molecule has 0 saturated carbocycles. The molecule has 0 radical (unpaired) electrons. The fraction of sp³-hybridized carbons (Fsp3) is 0.765. The van der Waals surface area contributed by atoms with Gasteiger partial charge < -0.3 is 0 Å². The lowest BCUT2D eigenvalue weighted by Crippen LogP contribution is -2.41. The SMILES string of the molecule is CCCC(C)(C)N(C)C/C=C(/C)CCC=C(C)C. The Kier molecular flexibility index (Phi) is 8.26. The Morgan fingerprint density at radius 1 is 1.11 bits per heavy atom. The molecule has 0 saturated heterocycles. The van der Waals surface area contributed by atoms with Crippen molar-refractivity contribution in [2.24, 2.45) is 0 Å². The third-order valence-electron chi connectivity index (χ3n) is 3.70. The number of hydrogen-bond donors (Lipinski definition) is 0. The summed E-state index contributed by atoms with van der Waals surface area (Å²) in [6.45, 7) is 14.6. The minimum Gasteiger partial charge on any atom is -0.298 e. The maximum absolute atomic E-state index is 2.46. The van der Waals surface area contributed by atoms with Crippen LogP contribution in [0, 0.1) is 0 Å². The zero-order valence-corrected chi connectivity index (χ0v) is 13.6. The van der Waals surface area contributed by atoms with Crippen LogP contribution >= 0.6 is 0 Å². The Balaban J connectivity index is 4.16. The highest BCUT2D eigenvalue weighted by molar-refractivity contribution is 5.03. The number of hydrogen-bond acceptors (Lipinski definition) is 1. The first-order chi connectivity index (χ1) is 8.29. The predicted octanol–water partition coefficient (Wildman–Crippen LogP) is 5.19. The van der Waals surface area contributed by atoms with Gasteiger partial charge in [0.1, 0.15) is 0 Å². The average molecular weight is 251 g/mol. The minimum absolute atomic E-state index is 0.311. The molecule has 0 aromatic carbocycles. The van der Waals surface area contributed by atoms with Crippen LogP contribution in [0.1, 0.15) is 67.2 Å². The molecular weight excluding hydrogens is 218 g/mol. The van der Waals surface area contributed by atoms with Crippen molar-refractivity contribution >= 4 is 0 Å². The molecule has 0 unspecified atom stereocenters. The van der Waals surface area contributed by atoms with Crippen molar-refractivity contribution in [3.05, 3.63) is 23.3 Å². The Hall–Kier alpha value is -0.560. The maximum atomic E-state index is 2.46. The van der Waals surface area contributed by atoms with E-state index in [0.717, 1.165) is 6.54 Å². The first-order valence-corrected chi connectivity index (χ1v) is 7.30. The second-order valence-corrected chi connectivity index (χ2v) is 6.31. The van der Waals surface area contributed by atoms with E-state index in [1.807, 2.05) is 0 Å². The number of allylic oxidation sites excluding steroid dienone is 3. The van der Waals surface area contributed by atoms with E-state index in [-0.39, 0.29) is 0 Å². The zero-order valence-electron chi connectivity index (χ0n) is 13.6. The first kappa shape index (κ1) is 17.4. The maximum Gasteiger partial charge on any atom is 0.0167 e. The summed E-state index contributed by atoms with van der Waals surface area (Å²) in [6.07, 6.45) is 9.58. The normalized spacial score (nSPS) is 13.0. The van der Waals surface area contributed by atoms with Crippen LogP contribution < -0.4 is 0 Å². The Morgan fingerprint density at radius 2 is 1.72 bits per heavy atom. The van der Waals surface area contributed by atoms with Crippen LogP contribution in [0.4, 0.5) is 0 Å². The van der Waals surface area contributed by atoms with Gasteiger partial charge in [-0.25, -0.2) is 0 Å². The average Bonchev–Trinajstić information content (AvgIpc) is 2.25. The van der Waals surface area contributed by atoms with Gasteiger partial charge in [0.25, 0.3) is 0 Å². The monoisotopic (exact) mass is 251 g/mol. The molecule has 0 fully saturated rings. The standard InChI is InChI=1S/C17H33N/c1-8-13-17(5,6)18(7)14-12-16(4)11-9-10-15(2)3/h10,12H,8-9,11,13-14H2,1-7H3/b16-12-. The fourth-order valence-electron chi connectivity index (χ4n) is 2.03. The molecule has 106 valence electrons. The molecular formula is C17H33N. The van der Waals surface area contributed by atoms with Gasteiger partial charge in [-0.3, -0.25) is 4.90 Å². The molecule has 0 aliphatic rings. The van der Waals surface area contributed by atoms with Crippen molar-refractivity contribution in [3.63, 3.8) is 0 Å². The van der Waals surface area contributed by atoms with E-state index in [4.69, 9.17) is 0 Å². The molecule has 0 N–H and O–H groups in total. The number of rotatable bonds is 8. The Bertz CT molecular complexity index is 280. The van der Waals surface area contributed by atoms with Crippen LogP contribution in [0.3, 0.4) is 0 Å². The summed E-state index contributed by atoms with van der Waals surface area (Å²) in [6, 6.07) is 0. The number of likely N-dealkylation sites (N-methyl/N-ethyl adjacent to an activating group) is 1. The molecule has 0 rings (SSSR count). The highest BCUT2D eigenvalue weighted by Gasteiger charge is 2.20. The molecule has 0 atom stereocenters. The van der Waals surface area contributed by atoms with Crippen molar-refractivity contribution in [1.29, 1.82) is 0 Å². The Labute approximate surface area is 115 Å². The third-order valence-corrected chi connectivity index (χ3v) is 3.70. The summed E-state index contributed by atoms with van der Waals surface area (Å²) < 4.78 is 0. The second kappa shape index (κ2) is 8.53. The van der Waals surface area contributed by atoms with Crippen molar-refractivity contribution in [2.45, 2.75) is 72.8 Å². The molecule has 1 heteroatoms. The van der Waals surface area contributed by atoms with Gasteiger partial charge in [0.05, 0.1) is 0 Å². The summed E-state index contributed by atoms with van der Waals surface area (Å²) >= 11 is 0. The van der Waals surface area contributed by atoms with Gasteiger partial charge in [-0.05, 0) is 60.9 Å². The van der Waals surface area contributed by atoms with E-state index in [1.54, 1.807) is 0 Å². The van der Waals surface area contributed by atoms with Gasteiger partial charge in [-0.1, -0.05) is 36.6 Å². The van der Waals surface area contributed by atoms with Gasteiger partial charge in [-0.15, -0.1) is 0 Å². The van der Waals surface area contributed by atoms with Crippen LogP contribution in [-0.2, 0) is 0 Å². The van der Waals surface area contributed by atoms with Crippen LogP contribution in [0.25, 0.3) is 0 Å².